The van der Waals surface area contributed by atoms with Crippen LogP contribution in [0.1, 0.15) is 15.9 Å². The van der Waals surface area contributed by atoms with E-state index in [1.165, 1.54) is 12.1 Å². The SMILES string of the molecule is O=C(NC[C@H]1Cc2ccccc2O1)c1cc([N+](=O)[O-])ccc1N1CCOCC1. The molecule has 1 N–H and O–H groups in total. The predicted octanol–water partition coefficient (Wildman–Crippen LogP) is 2.16. The van der Waals surface area contributed by atoms with Crippen molar-refractivity contribution in [2.24, 2.45) is 0 Å². The number of nitro groups is 1. The quantitative estimate of drug-likeness (QED) is 0.628. The number of carbonyl (C=O) groups excluding carboxylic acids is 1. The summed E-state index contributed by atoms with van der Waals surface area (Å²) in [5.41, 5.74) is 1.99. The predicted molar refractivity (Wildman–Crippen MR) is 103 cm³/mol. The lowest BCUT2D eigenvalue weighted by Gasteiger charge is -2.30. The van der Waals surface area contributed by atoms with E-state index in [-0.39, 0.29) is 17.7 Å². The number of nitrogens with one attached hydrogen (secondary N) is 1. The molecule has 0 spiro atoms. The van der Waals surface area contributed by atoms with E-state index < -0.39 is 4.92 Å². The minimum Gasteiger partial charge on any atom is -0.488 e. The molecule has 8 heteroatoms. The number of amides is 1. The highest BCUT2D eigenvalue weighted by atomic mass is 16.6. The Balaban J connectivity index is 1.49. The summed E-state index contributed by atoms with van der Waals surface area (Å²) in [6.45, 7) is 2.73. The molecule has 1 fully saturated rings. The van der Waals surface area contributed by atoms with Crippen molar-refractivity contribution < 1.29 is 19.2 Å². The Morgan fingerprint density at radius 1 is 1.21 bits per heavy atom. The highest BCUT2D eigenvalue weighted by Crippen LogP contribution is 2.29. The van der Waals surface area contributed by atoms with Gasteiger partial charge in [0.15, 0.2) is 0 Å². The molecule has 1 atom stereocenters. The number of anilines is 1. The zero-order valence-corrected chi connectivity index (χ0v) is 15.3. The number of ether oxygens (including phenoxy) is 2. The van der Waals surface area contributed by atoms with Gasteiger partial charge in [-0.15, -0.1) is 0 Å². The molecule has 1 amide bonds. The molecule has 28 heavy (non-hydrogen) atoms. The fourth-order valence-electron chi connectivity index (χ4n) is 3.57. The fourth-order valence-corrected chi connectivity index (χ4v) is 3.57. The first-order valence-corrected chi connectivity index (χ1v) is 9.26. The topological polar surface area (TPSA) is 93.9 Å². The number of fused-ring (bicyclic) bond motifs is 1. The van der Waals surface area contributed by atoms with Crippen molar-refractivity contribution in [2.45, 2.75) is 12.5 Å². The minimum absolute atomic E-state index is 0.105. The Morgan fingerprint density at radius 2 is 2.00 bits per heavy atom. The molecule has 0 saturated carbocycles. The molecule has 8 nitrogen and oxygen atoms in total. The normalized spacial score (nSPS) is 18.3. The van der Waals surface area contributed by atoms with Crippen LogP contribution >= 0.6 is 0 Å². The van der Waals surface area contributed by atoms with Gasteiger partial charge >= 0.3 is 0 Å². The first kappa shape index (κ1) is 18.2. The van der Waals surface area contributed by atoms with Crippen molar-refractivity contribution >= 4 is 17.3 Å². The molecule has 0 bridgehead atoms. The maximum Gasteiger partial charge on any atom is 0.270 e. The fraction of sp³-hybridized carbons (Fsp3) is 0.350. The summed E-state index contributed by atoms with van der Waals surface area (Å²) >= 11 is 0. The number of para-hydroxylation sites is 1. The van der Waals surface area contributed by atoms with E-state index in [1.54, 1.807) is 6.07 Å². The Hall–Kier alpha value is -3.13. The zero-order valence-electron chi connectivity index (χ0n) is 15.3. The largest absolute Gasteiger partial charge is 0.488 e. The van der Waals surface area contributed by atoms with E-state index in [2.05, 4.69) is 5.32 Å². The van der Waals surface area contributed by atoms with Gasteiger partial charge in [-0.1, -0.05) is 18.2 Å². The molecule has 2 heterocycles. The number of hydrogen-bond acceptors (Lipinski definition) is 6. The summed E-state index contributed by atoms with van der Waals surface area (Å²) in [7, 11) is 0. The van der Waals surface area contributed by atoms with Gasteiger partial charge < -0.3 is 19.7 Å². The van der Waals surface area contributed by atoms with Gasteiger partial charge in [-0.3, -0.25) is 14.9 Å². The van der Waals surface area contributed by atoms with Gasteiger partial charge in [0, 0.05) is 31.6 Å². The van der Waals surface area contributed by atoms with Gasteiger partial charge in [-0.2, -0.15) is 0 Å². The first-order valence-electron chi connectivity index (χ1n) is 9.26. The van der Waals surface area contributed by atoms with Crippen molar-refractivity contribution in [3.8, 4) is 5.75 Å². The lowest BCUT2D eigenvalue weighted by atomic mass is 10.1. The van der Waals surface area contributed by atoms with Crippen LogP contribution in [0.15, 0.2) is 42.5 Å². The smallest absolute Gasteiger partial charge is 0.270 e. The second kappa shape index (κ2) is 7.85. The van der Waals surface area contributed by atoms with E-state index in [0.29, 0.717) is 44.1 Å². The van der Waals surface area contributed by atoms with Crippen LogP contribution in [0, 0.1) is 10.1 Å². The highest BCUT2D eigenvalue weighted by Gasteiger charge is 2.25. The lowest BCUT2D eigenvalue weighted by molar-refractivity contribution is -0.384. The molecule has 2 aliphatic heterocycles. The molecule has 0 radical (unpaired) electrons. The summed E-state index contributed by atoms with van der Waals surface area (Å²) in [6, 6.07) is 12.2. The summed E-state index contributed by atoms with van der Waals surface area (Å²) in [6.07, 6.45) is 0.578. The molecule has 4 rings (SSSR count). The number of hydrogen-bond donors (Lipinski definition) is 1. The Morgan fingerprint density at radius 3 is 2.75 bits per heavy atom. The maximum atomic E-state index is 12.9. The second-order valence-electron chi connectivity index (χ2n) is 6.82. The number of rotatable bonds is 5. The van der Waals surface area contributed by atoms with Crippen LogP contribution in [-0.4, -0.2) is 49.8 Å². The molecule has 2 aromatic carbocycles. The van der Waals surface area contributed by atoms with Crippen LogP contribution in [0.3, 0.4) is 0 Å². The average molecular weight is 383 g/mol. The van der Waals surface area contributed by atoms with Crippen LogP contribution in [-0.2, 0) is 11.2 Å². The van der Waals surface area contributed by atoms with Crippen molar-refractivity contribution in [1.29, 1.82) is 0 Å². The van der Waals surface area contributed by atoms with Gasteiger partial charge in [-0.25, -0.2) is 0 Å². The van der Waals surface area contributed by atoms with Gasteiger partial charge in [0.2, 0.25) is 0 Å². The summed E-state index contributed by atoms with van der Waals surface area (Å²) in [5, 5.41) is 14.1. The lowest BCUT2D eigenvalue weighted by Crippen LogP contribution is -2.39. The first-order chi connectivity index (χ1) is 13.6. The Labute approximate surface area is 162 Å². The second-order valence-corrected chi connectivity index (χ2v) is 6.82. The summed E-state index contributed by atoms with van der Waals surface area (Å²) in [5.74, 6) is 0.496. The minimum atomic E-state index is -0.489. The van der Waals surface area contributed by atoms with Crippen LogP contribution < -0.4 is 15.0 Å². The van der Waals surface area contributed by atoms with Gasteiger partial charge in [-0.05, 0) is 17.7 Å². The van der Waals surface area contributed by atoms with Crippen LogP contribution in [0.5, 0.6) is 5.75 Å². The summed E-state index contributed by atoms with van der Waals surface area (Å²) in [4.78, 5) is 25.6. The zero-order chi connectivity index (χ0) is 19.5. The molecular weight excluding hydrogens is 362 g/mol. The van der Waals surface area contributed by atoms with Crippen molar-refractivity contribution in [3.63, 3.8) is 0 Å². The third-order valence-corrected chi connectivity index (χ3v) is 4.99. The van der Waals surface area contributed by atoms with E-state index in [9.17, 15) is 14.9 Å². The van der Waals surface area contributed by atoms with Gasteiger partial charge in [0.25, 0.3) is 11.6 Å². The molecule has 2 aliphatic rings. The van der Waals surface area contributed by atoms with Crippen molar-refractivity contribution in [2.75, 3.05) is 37.7 Å². The monoisotopic (exact) mass is 383 g/mol. The standard InChI is InChI=1S/C20H21N3O5/c24-20(21-13-16-11-14-3-1-2-4-19(14)28-16)17-12-15(23(25)26)5-6-18(17)22-7-9-27-10-8-22/h1-6,12,16H,7-11,13H2,(H,21,24)/t16-/m1/s1. The maximum absolute atomic E-state index is 12.9. The molecule has 2 aromatic rings. The van der Waals surface area contributed by atoms with E-state index in [4.69, 9.17) is 9.47 Å². The number of benzene rings is 2. The highest BCUT2D eigenvalue weighted by molar-refractivity contribution is 6.00. The Bertz CT molecular complexity index is 870. The summed E-state index contributed by atoms with van der Waals surface area (Å²) < 4.78 is 11.2. The molecule has 1 saturated heterocycles. The van der Waals surface area contributed by atoms with Crippen LogP contribution in [0.4, 0.5) is 11.4 Å². The molecule has 0 aliphatic carbocycles. The molecule has 146 valence electrons. The third kappa shape index (κ3) is 3.77. The Kier molecular flexibility index (Phi) is 5.12. The number of nitrogens with zero attached hydrogens (tertiary/aromatic N) is 2. The van der Waals surface area contributed by atoms with Crippen molar-refractivity contribution in [3.05, 3.63) is 63.7 Å². The number of morpholine rings is 1. The molecule has 0 aromatic heterocycles. The molecule has 0 unspecified atom stereocenters. The van der Waals surface area contributed by atoms with E-state index in [1.807, 2.05) is 29.2 Å². The van der Waals surface area contributed by atoms with Crippen LogP contribution in [0.25, 0.3) is 0 Å². The third-order valence-electron chi connectivity index (χ3n) is 4.99. The van der Waals surface area contributed by atoms with Gasteiger partial charge in [0.05, 0.1) is 35.9 Å². The van der Waals surface area contributed by atoms with Gasteiger partial charge in [0.1, 0.15) is 11.9 Å². The number of carbonyl (C=O) groups is 1. The molecular formula is C20H21N3O5. The van der Waals surface area contributed by atoms with E-state index >= 15 is 0 Å². The average Bonchev–Trinajstić information content (AvgIpc) is 3.15. The number of nitro benzene ring substituents is 1. The number of non-ortho nitro benzene ring substituents is 1. The van der Waals surface area contributed by atoms with Crippen molar-refractivity contribution in [1.82, 2.24) is 5.32 Å². The van der Waals surface area contributed by atoms with E-state index in [0.717, 1.165) is 17.7 Å². The van der Waals surface area contributed by atoms with Crippen LogP contribution in [0.2, 0.25) is 0 Å².